The third kappa shape index (κ3) is 4.52. The van der Waals surface area contributed by atoms with Crippen molar-refractivity contribution in [3.8, 4) is 11.5 Å². The molecule has 0 atom stereocenters. The first-order chi connectivity index (χ1) is 12.5. The first kappa shape index (κ1) is 17.8. The van der Waals surface area contributed by atoms with E-state index < -0.39 is 0 Å². The Morgan fingerprint density at radius 3 is 2.62 bits per heavy atom. The van der Waals surface area contributed by atoms with Gasteiger partial charge in [0.25, 0.3) is 5.91 Å². The summed E-state index contributed by atoms with van der Waals surface area (Å²) in [5, 5.41) is 3.49. The average Bonchev–Trinajstić information content (AvgIpc) is 2.62. The summed E-state index contributed by atoms with van der Waals surface area (Å²) >= 11 is 5.87. The molecule has 1 heterocycles. The first-order valence-electron chi connectivity index (χ1n) is 8.05. The lowest BCUT2D eigenvalue weighted by Gasteiger charge is -2.10. The Bertz CT molecular complexity index is 927. The summed E-state index contributed by atoms with van der Waals surface area (Å²) in [7, 11) is 0. The van der Waals surface area contributed by atoms with Crippen LogP contribution in [0, 0.1) is 6.92 Å². The van der Waals surface area contributed by atoms with E-state index in [0.717, 1.165) is 11.3 Å². The van der Waals surface area contributed by atoms with E-state index in [0.29, 0.717) is 28.6 Å². The molecule has 3 aromatic rings. The summed E-state index contributed by atoms with van der Waals surface area (Å²) < 4.78 is 5.80. The Labute approximate surface area is 156 Å². The predicted molar refractivity (Wildman–Crippen MR) is 103 cm³/mol. The second-order valence-electron chi connectivity index (χ2n) is 5.77. The number of halogens is 1. The van der Waals surface area contributed by atoms with Crippen molar-refractivity contribution in [3.63, 3.8) is 0 Å². The summed E-state index contributed by atoms with van der Waals surface area (Å²) in [6, 6.07) is 18.0. The fourth-order valence-corrected chi connectivity index (χ4v) is 2.53. The summed E-state index contributed by atoms with van der Waals surface area (Å²) in [5.74, 6) is 1.33. The van der Waals surface area contributed by atoms with Crippen molar-refractivity contribution in [1.29, 1.82) is 0 Å². The number of nitrogen functional groups attached to an aromatic ring is 1. The molecule has 0 radical (unpaired) electrons. The molecule has 2 aromatic carbocycles. The van der Waals surface area contributed by atoms with Crippen LogP contribution >= 0.6 is 11.6 Å². The number of carbonyl (C=O) groups is 1. The van der Waals surface area contributed by atoms with Gasteiger partial charge in [0.05, 0.1) is 5.56 Å². The minimum atomic E-state index is -0.265. The molecule has 6 heteroatoms. The van der Waals surface area contributed by atoms with Crippen LogP contribution in [0.5, 0.6) is 11.5 Å². The van der Waals surface area contributed by atoms with E-state index in [2.05, 4.69) is 10.3 Å². The molecule has 5 nitrogen and oxygen atoms in total. The van der Waals surface area contributed by atoms with Crippen LogP contribution in [0.25, 0.3) is 0 Å². The molecule has 26 heavy (non-hydrogen) atoms. The number of hydrogen-bond acceptors (Lipinski definition) is 4. The standard InChI is InChI=1S/C20H18ClN3O2/c1-13-5-10-18(19(22)24-13)20(25)23-12-14-3-2-4-17(11-14)26-16-8-6-15(21)7-9-16/h2-11H,12H2,1H3,(H2,22,24)(H,23,25). The molecule has 0 aliphatic rings. The van der Waals surface area contributed by atoms with Crippen LogP contribution in [0.1, 0.15) is 21.6 Å². The van der Waals surface area contributed by atoms with Crippen molar-refractivity contribution < 1.29 is 9.53 Å². The molecule has 0 saturated carbocycles. The summed E-state index contributed by atoms with van der Waals surface area (Å²) in [6.45, 7) is 2.17. The molecule has 132 valence electrons. The smallest absolute Gasteiger partial charge is 0.255 e. The van der Waals surface area contributed by atoms with E-state index in [-0.39, 0.29) is 11.7 Å². The molecule has 0 fully saturated rings. The number of carbonyl (C=O) groups excluding carboxylic acids is 1. The summed E-state index contributed by atoms with van der Waals surface area (Å²) in [6.07, 6.45) is 0. The van der Waals surface area contributed by atoms with Crippen molar-refractivity contribution in [2.24, 2.45) is 0 Å². The molecular weight excluding hydrogens is 350 g/mol. The predicted octanol–water partition coefficient (Wildman–Crippen LogP) is 4.35. The SMILES string of the molecule is Cc1ccc(C(=O)NCc2cccc(Oc3ccc(Cl)cc3)c2)c(N)n1. The molecular formula is C20H18ClN3O2. The van der Waals surface area contributed by atoms with Crippen molar-refractivity contribution in [2.45, 2.75) is 13.5 Å². The number of nitrogens with two attached hydrogens (primary N) is 1. The molecule has 3 rings (SSSR count). The molecule has 0 aliphatic heterocycles. The maximum atomic E-state index is 12.3. The number of pyridine rings is 1. The zero-order valence-electron chi connectivity index (χ0n) is 14.2. The van der Waals surface area contributed by atoms with Crippen molar-refractivity contribution in [2.75, 3.05) is 5.73 Å². The van der Waals surface area contributed by atoms with Gasteiger partial charge in [0.2, 0.25) is 0 Å². The molecule has 1 amide bonds. The minimum absolute atomic E-state index is 0.224. The number of hydrogen-bond donors (Lipinski definition) is 2. The maximum Gasteiger partial charge on any atom is 0.255 e. The number of anilines is 1. The molecule has 0 aliphatic carbocycles. The van der Waals surface area contributed by atoms with Crippen LogP contribution in [0.4, 0.5) is 5.82 Å². The Morgan fingerprint density at radius 2 is 1.88 bits per heavy atom. The Hall–Kier alpha value is -3.05. The molecule has 1 aromatic heterocycles. The Balaban J connectivity index is 1.65. The number of ether oxygens (including phenoxy) is 1. The highest BCUT2D eigenvalue weighted by atomic mass is 35.5. The summed E-state index contributed by atoms with van der Waals surface area (Å²) in [5.41, 5.74) is 7.85. The molecule has 0 unspecified atom stereocenters. The fourth-order valence-electron chi connectivity index (χ4n) is 2.40. The second-order valence-corrected chi connectivity index (χ2v) is 6.21. The largest absolute Gasteiger partial charge is 0.457 e. The van der Waals surface area contributed by atoms with Crippen LogP contribution in [0.2, 0.25) is 5.02 Å². The lowest BCUT2D eigenvalue weighted by atomic mass is 10.2. The number of benzene rings is 2. The number of rotatable bonds is 5. The number of nitrogens with one attached hydrogen (secondary N) is 1. The van der Waals surface area contributed by atoms with Crippen LogP contribution in [0.15, 0.2) is 60.7 Å². The number of amides is 1. The Kier molecular flexibility index (Phi) is 5.39. The van der Waals surface area contributed by atoms with E-state index >= 15 is 0 Å². The third-order valence-corrected chi connectivity index (χ3v) is 3.96. The lowest BCUT2D eigenvalue weighted by molar-refractivity contribution is 0.0951. The van der Waals surface area contributed by atoms with Crippen LogP contribution in [-0.2, 0) is 6.54 Å². The van der Waals surface area contributed by atoms with E-state index in [1.54, 1.807) is 36.4 Å². The highest BCUT2D eigenvalue weighted by molar-refractivity contribution is 6.30. The fraction of sp³-hybridized carbons (Fsp3) is 0.100. The molecule has 0 spiro atoms. The number of nitrogens with zero attached hydrogens (tertiary/aromatic N) is 1. The quantitative estimate of drug-likeness (QED) is 0.702. The highest BCUT2D eigenvalue weighted by Crippen LogP contribution is 2.23. The van der Waals surface area contributed by atoms with Gasteiger partial charge in [-0.3, -0.25) is 4.79 Å². The van der Waals surface area contributed by atoms with Gasteiger partial charge in [0.15, 0.2) is 0 Å². The van der Waals surface area contributed by atoms with Gasteiger partial charge in [-0.2, -0.15) is 0 Å². The highest BCUT2D eigenvalue weighted by Gasteiger charge is 2.10. The topological polar surface area (TPSA) is 77.2 Å². The zero-order chi connectivity index (χ0) is 18.5. The molecule has 3 N–H and O–H groups in total. The third-order valence-electron chi connectivity index (χ3n) is 3.71. The van der Waals surface area contributed by atoms with Crippen molar-refractivity contribution in [3.05, 3.63) is 82.5 Å². The van der Waals surface area contributed by atoms with E-state index in [1.165, 1.54) is 0 Å². The number of aryl methyl sites for hydroxylation is 1. The number of aromatic nitrogens is 1. The van der Waals surface area contributed by atoms with Gasteiger partial charge in [0, 0.05) is 17.3 Å². The van der Waals surface area contributed by atoms with E-state index in [4.69, 9.17) is 22.1 Å². The van der Waals surface area contributed by atoms with Gasteiger partial charge < -0.3 is 15.8 Å². The maximum absolute atomic E-state index is 12.3. The second kappa shape index (κ2) is 7.89. The van der Waals surface area contributed by atoms with Crippen LogP contribution in [-0.4, -0.2) is 10.9 Å². The summed E-state index contributed by atoms with van der Waals surface area (Å²) in [4.78, 5) is 16.4. The normalized spacial score (nSPS) is 10.4. The first-order valence-corrected chi connectivity index (χ1v) is 8.43. The monoisotopic (exact) mass is 367 g/mol. The average molecular weight is 368 g/mol. The van der Waals surface area contributed by atoms with Gasteiger partial charge in [-0.1, -0.05) is 23.7 Å². The minimum Gasteiger partial charge on any atom is -0.457 e. The van der Waals surface area contributed by atoms with Gasteiger partial charge in [0.1, 0.15) is 17.3 Å². The van der Waals surface area contributed by atoms with Crippen molar-refractivity contribution in [1.82, 2.24) is 10.3 Å². The van der Waals surface area contributed by atoms with Crippen LogP contribution in [0.3, 0.4) is 0 Å². The van der Waals surface area contributed by atoms with Gasteiger partial charge >= 0.3 is 0 Å². The van der Waals surface area contributed by atoms with Gasteiger partial charge in [-0.25, -0.2) is 4.98 Å². The van der Waals surface area contributed by atoms with Gasteiger partial charge in [-0.15, -0.1) is 0 Å². The van der Waals surface area contributed by atoms with Crippen LogP contribution < -0.4 is 15.8 Å². The Morgan fingerprint density at radius 1 is 1.12 bits per heavy atom. The molecule has 0 saturated heterocycles. The van der Waals surface area contributed by atoms with E-state index in [1.807, 2.05) is 31.2 Å². The molecule has 0 bridgehead atoms. The zero-order valence-corrected chi connectivity index (χ0v) is 15.0. The van der Waals surface area contributed by atoms with Crippen molar-refractivity contribution >= 4 is 23.3 Å². The lowest BCUT2D eigenvalue weighted by Crippen LogP contribution is -2.24. The van der Waals surface area contributed by atoms with Gasteiger partial charge in [-0.05, 0) is 61.0 Å². The van der Waals surface area contributed by atoms with E-state index in [9.17, 15) is 4.79 Å².